The quantitative estimate of drug-likeness (QED) is 0.484. The molecule has 0 spiro atoms. The summed E-state index contributed by atoms with van der Waals surface area (Å²) in [6.45, 7) is 0. The van der Waals surface area contributed by atoms with Crippen LogP contribution in [-0.4, -0.2) is 9.55 Å². The lowest BCUT2D eigenvalue weighted by molar-refractivity contribution is 1.08. The summed E-state index contributed by atoms with van der Waals surface area (Å²) in [5, 5.41) is 0. The van der Waals surface area contributed by atoms with Crippen LogP contribution >= 0.6 is 38.5 Å². The fraction of sp³-hybridized carbons (Fsp3) is 0. The van der Waals surface area contributed by atoms with Crippen molar-refractivity contribution >= 4 is 55.2 Å². The molecule has 0 aliphatic rings. The van der Waals surface area contributed by atoms with E-state index < -0.39 is 0 Å². The van der Waals surface area contributed by atoms with Crippen molar-refractivity contribution in [3.63, 3.8) is 0 Å². The molecule has 1 aromatic heterocycles. The Kier molecular flexibility index (Phi) is 3.03. The molecule has 2 N–H and O–H groups in total. The van der Waals surface area contributed by atoms with E-state index in [-0.39, 0.29) is 0 Å². The average Bonchev–Trinajstić information content (AvgIpc) is 2.75. The SMILES string of the molecule is Nc1ccc2c(c1)ncn2-c1cc(I)ccc1Br. The second kappa shape index (κ2) is 4.55. The minimum absolute atomic E-state index is 0.731. The van der Waals surface area contributed by atoms with Crippen molar-refractivity contribution in [2.75, 3.05) is 5.73 Å². The van der Waals surface area contributed by atoms with Crippen LogP contribution in [0.15, 0.2) is 47.2 Å². The number of hydrogen-bond acceptors (Lipinski definition) is 2. The normalized spacial score (nSPS) is 11.0. The third-order valence-corrected chi connectivity index (χ3v) is 4.08. The van der Waals surface area contributed by atoms with E-state index in [9.17, 15) is 0 Å². The summed E-state index contributed by atoms with van der Waals surface area (Å²) in [5.74, 6) is 0. The molecule has 0 radical (unpaired) electrons. The van der Waals surface area contributed by atoms with Crippen LogP contribution in [0.3, 0.4) is 0 Å². The lowest BCUT2D eigenvalue weighted by atomic mass is 10.2. The van der Waals surface area contributed by atoms with Crippen LogP contribution in [0.2, 0.25) is 0 Å². The van der Waals surface area contributed by atoms with Crippen LogP contribution in [0, 0.1) is 3.57 Å². The molecule has 5 heteroatoms. The first-order valence-electron chi connectivity index (χ1n) is 5.33. The molecule has 90 valence electrons. The summed E-state index contributed by atoms with van der Waals surface area (Å²) in [6, 6.07) is 12.0. The van der Waals surface area contributed by atoms with Gasteiger partial charge in [-0.15, -0.1) is 0 Å². The Bertz CT molecular complexity index is 736. The maximum Gasteiger partial charge on any atom is 0.100 e. The first kappa shape index (κ1) is 12.0. The number of nitrogens with zero attached hydrogens (tertiary/aromatic N) is 2. The fourth-order valence-corrected chi connectivity index (χ4v) is 2.80. The van der Waals surface area contributed by atoms with Gasteiger partial charge in [0.05, 0.1) is 16.7 Å². The fourth-order valence-electron chi connectivity index (χ4n) is 1.89. The zero-order chi connectivity index (χ0) is 12.7. The predicted octanol–water partition coefficient (Wildman–Crippen LogP) is 3.97. The van der Waals surface area contributed by atoms with Gasteiger partial charge in [-0.25, -0.2) is 4.98 Å². The molecule has 3 rings (SSSR count). The zero-order valence-corrected chi connectivity index (χ0v) is 13.0. The van der Waals surface area contributed by atoms with Gasteiger partial charge in [0.25, 0.3) is 0 Å². The maximum atomic E-state index is 5.77. The highest BCUT2D eigenvalue weighted by Gasteiger charge is 2.08. The number of anilines is 1. The van der Waals surface area contributed by atoms with Gasteiger partial charge in [0.2, 0.25) is 0 Å². The maximum absolute atomic E-state index is 5.77. The van der Waals surface area contributed by atoms with Gasteiger partial charge in [-0.2, -0.15) is 0 Å². The van der Waals surface area contributed by atoms with Crippen LogP contribution < -0.4 is 5.73 Å². The minimum atomic E-state index is 0.731. The van der Waals surface area contributed by atoms with Gasteiger partial charge in [-0.3, -0.25) is 4.57 Å². The van der Waals surface area contributed by atoms with Crippen molar-refractivity contribution in [3.8, 4) is 5.69 Å². The second-order valence-electron chi connectivity index (χ2n) is 3.96. The molecule has 3 aromatic rings. The van der Waals surface area contributed by atoms with E-state index in [0.717, 1.165) is 26.9 Å². The molecule has 0 saturated carbocycles. The highest BCUT2D eigenvalue weighted by atomic mass is 127. The van der Waals surface area contributed by atoms with Gasteiger partial charge in [0, 0.05) is 13.7 Å². The molecule has 0 fully saturated rings. The van der Waals surface area contributed by atoms with Crippen molar-refractivity contribution in [1.82, 2.24) is 9.55 Å². The van der Waals surface area contributed by atoms with E-state index in [4.69, 9.17) is 5.73 Å². The van der Waals surface area contributed by atoms with Crippen molar-refractivity contribution in [2.24, 2.45) is 0 Å². The van der Waals surface area contributed by atoms with Gasteiger partial charge >= 0.3 is 0 Å². The molecule has 0 aliphatic heterocycles. The molecule has 0 unspecified atom stereocenters. The summed E-state index contributed by atoms with van der Waals surface area (Å²) in [4.78, 5) is 4.39. The standard InChI is InChI=1S/C13H9BrIN3/c14-10-3-1-8(15)5-13(10)18-7-17-11-6-9(16)2-4-12(11)18/h1-7H,16H2. The largest absolute Gasteiger partial charge is 0.399 e. The monoisotopic (exact) mass is 413 g/mol. The molecule has 1 heterocycles. The molecule has 3 nitrogen and oxygen atoms in total. The third kappa shape index (κ3) is 2.01. The van der Waals surface area contributed by atoms with E-state index in [1.165, 1.54) is 3.57 Å². The zero-order valence-electron chi connectivity index (χ0n) is 9.27. The highest BCUT2D eigenvalue weighted by Crippen LogP contribution is 2.27. The van der Waals surface area contributed by atoms with Crippen molar-refractivity contribution in [3.05, 3.63) is 50.8 Å². The van der Waals surface area contributed by atoms with Crippen molar-refractivity contribution in [1.29, 1.82) is 0 Å². The van der Waals surface area contributed by atoms with Gasteiger partial charge in [0.1, 0.15) is 6.33 Å². The van der Waals surface area contributed by atoms with Gasteiger partial charge in [-0.05, 0) is 74.9 Å². The van der Waals surface area contributed by atoms with Gasteiger partial charge in [0.15, 0.2) is 0 Å². The average molecular weight is 414 g/mol. The summed E-state index contributed by atoms with van der Waals surface area (Å²) >= 11 is 5.88. The highest BCUT2D eigenvalue weighted by molar-refractivity contribution is 14.1. The Hall–Kier alpha value is -1.08. The third-order valence-electron chi connectivity index (χ3n) is 2.74. The van der Waals surface area contributed by atoms with E-state index in [1.807, 2.05) is 30.6 Å². The van der Waals surface area contributed by atoms with Crippen LogP contribution in [0.4, 0.5) is 5.69 Å². The Morgan fingerprint density at radius 3 is 2.83 bits per heavy atom. The summed E-state index contributed by atoms with van der Waals surface area (Å²) in [7, 11) is 0. The number of rotatable bonds is 1. The van der Waals surface area contributed by atoms with Crippen LogP contribution in [0.25, 0.3) is 16.7 Å². The summed E-state index contributed by atoms with van der Waals surface area (Å²) in [6.07, 6.45) is 1.82. The van der Waals surface area contributed by atoms with Crippen LogP contribution in [-0.2, 0) is 0 Å². The molecule has 0 aliphatic carbocycles. The summed E-state index contributed by atoms with van der Waals surface area (Å²) in [5.41, 5.74) is 9.53. The molecular weight excluding hydrogens is 405 g/mol. The van der Waals surface area contributed by atoms with E-state index in [2.05, 4.69) is 60.2 Å². The minimum Gasteiger partial charge on any atom is -0.399 e. The van der Waals surface area contributed by atoms with Crippen molar-refractivity contribution < 1.29 is 0 Å². The lowest BCUT2D eigenvalue weighted by Gasteiger charge is -2.07. The number of nitrogen functional groups attached to an aromatic ring is 1. The first-order valence-corrected chi connectivity index (χ1v) is 7.20. The molecule has 0 saturated heterocycles. The van der Waals surface area contributed by atoms with E-state index in [0.29, 0.717) is 0 Å². The molecule has 0 bridgehead atoms. The molecule has 0 amide bonds. The predicted molar refractivity (Wildman–Crippen MR) is 85.9 cm³/mol. The van der Waals surface area contributed by atoms with Crippen LogP contribution in [0.1, 0.15) is 0 Å². The number of hydrogen-bond donors (Lipinski definition) is 1. The number of aromatic nitrogens is 2. The number of benzene rings is 2. The number of nitrogens with two attached hydrogens (primary N) is 1. The smallest absolute Gasteiger partial charge is 0.100 e. The van der Waals surface area contributed by atoms with E-state index >= 15 is 0 Å². The Morgan fingerprint density at radius 2 is 2.00 bits per heavy atom. The topological polar surface area (TPSA) is 43.8 Å². The van der Waals surface area contributed by atoms with E-state index in [1.54, 1.807) is 0 Å². The molecular formula is C13H9BrIN3. The lowest BCUT2D eigenvalue weighted by Crippen LogP contribution is -1.94. The molecule has 2 aromatic carbocycles. The number of imidazole rings is 1. The summed E-state index contributed by atoms with van der Waals surface area (Å²) < 4.78 is 4.28. The Labute approximate surface area is 126 Å². The molecule has 0 atom stereocenters. The van der Waals surface area contributed by atoms with Crippen molar-refractivity contribution in [2.45, 2.75) is 0 Å². The first-order chi connectivity index (χ1) is 8.65. The molecule has 18 heavy (non-hydrogen) atoms. The Balaban J connectivity index is 2.28. The number of fused-ring (bicyclic) bond motifs is 1. The van der Waals surface area contributed by atoms with Gasteiger partial charge < -0.3 is 5.73 Å². The second-order valence-corrected chi connectivity index (χ2v) is 6.06. The van der Waals surface area contributed by atoms with Gasteiger partial charge in [-0.1, -0.05) is 0 Å². The van der Waals surface area contributed by atoms with Crippen LogP contribution in [0.5, 0.6) is 0 Å². The Morgan fingerprint density at radius 1 is 1.17 bits per heavy atom. The number of halogens is 2.